The predicted molar refractivity (Wildman–Crippen MR) is 51.4 cm³/mol. The van der Waals surface area contributed by atoms with Crippen molar-refractivity contribution in [2.24, 2.45) is 5.14 Å². The fourth-order valence-electron chi connectivity index (χ4n) is 0.756. The van der Waals surface area contributed by atoms with Gasteiger partial charge in [-0.05, 0) is 6.92 Å². The van der Waals surface area contributed by atoms with Gasteiger partial charge >= 0.3 is 0 Å². The summed E-state index contributed by atoms with van der Waals surface area (Å²) in [5.74, 6) is 0. The van der Waals surface area contributed by atoms with E-state index < -0.39 is 10.2 Å². The van der Waals surface area contributed by atoms with Gasteiger partial charge in [0.1, 0.15) is 5.01 Å². The third-order valence-electron chi connectivity index (χ3n) is 1.46. The van der Waals surface area contributed by atoms with Gasteiger partial charge in [-0.1, -0.05) is 0 Å². The normalized spacial score (nSPS) is 12.3. The summed E-state index contributed by atoms with van der Waals surface area (Å²) in [5.41, 5.74) is 0.891. The summed E-state index contributed by atoms with van der Waals surface area (Å²) in [6.07, 6.45) is 0. The second-order valence-electron chi connectivity index (χ2n) is 2.68. The van der Waals surface area contributed by atoms with Crippen LogP contribution in [0.15, 0.2) is 5.38 Å². The minimum atomic E-state index is -3.59. The van der Waals surface area contributed by atoms with Crippen molar-refractivity contribution in [2.75, 3.05) is 7.05 Å². The van der Waals surface area contributed by atoms with Crippen LogP contribution >= 0.6 is 11.3 Å². The molecule has 7 heteroatoms. The zero-order valence-corrected chi connectivity index (χ0v) is 9.02. The topological polar surface area (TPSA) is 76.3 Å². The molecule has 1 aromatic rings. The molecule has 0 fully saturated rings. The lowest BCUT2D eigenvalue weighted by atomic mass is 10.6. The molecule has 0 aromatic carbocycles. The van der Waals surface area contributed by atoms with Crippen LogP contribution in [0.25, 0.3) is 0 Å². The van der Waals surface area contributed by atoms with Crippen LogP contribution in [0.4, 0.5) is 0 Å². The van der Waals surface area contributed by atoms with Gasteiger partial charge in [-0.25, -0.2) is 10.1 Å². The first-order valence-corrected chi connectivity index (χ1v) is 5.93. The van der Waals surface area contributed by atoms with Crippen LogP contribution in [0.3, 0.4) is 0 Å². The molecule has 2 N–H and O–H groups in total. The number of hydrogen-bond donors (Lipinski definition) is 1. The summed E-state index contributed by atoms with van der Waals surface area (Å²) in [4.78, 5) is 4.12. The second-order valence-corrected chi connectivity index (χ2v) is 5.28. The van der Waals surface area contributed by atoms with E-state index in [4.69, 9.17) is 5.14 Å². The Morgan fingerprint density at radius 2 is 2.31 bits per heavy atom. The Morgan fingerprint density at radius 1 is 1.69 bits per heavy atom. The Labute approximate surface area is 81.4 Å². The number of rotatable bonds is 3. The monoisotopic (exact) mass is 221 g/mol. The van der Waals surface area contributed by atoms with Gasteiger partial charge in [-0.15, -0.1) is 11.3 Å². The summed E-state index contributed by atoms with van der Waals surface area (Å²) in [6, 6.07) is 0. The molecular formula is C6H11N3O2S2. The average Bonchev–Trinajstić information content (AvgIpc) is 2.33. The van der Waals surface area contributed by atoms with Gasteiger partial charge < -0.3 is 0 Å². The molecule has 0 bridgehead atoms. The molecule has 0 saturated heterocycles. The smallest absolute Gasteiger partial charge is 0.245 e. The highest BCUT2D eigenvalue weighted by Crippen LogP contribution is 2.11. The van der Waals surface area contributed by atoms with E-state index in [2.05, 4.69) is 4.98 Å². The average molecular weight is 221 g/mol. The molecule has 1 heterocycles. The largest absolute Gasteiger partial charge is 0.277 e. The minimum absolute atomic E-state index is 0.233. The standard InChI is InChI=1S/C6H11N3O2S2/c1-5-4-12-6(8-5)3-9(2)13(7,10)11/h4H,3H2,1-2H3,(H2,7,10,11). The van der Waals surface area contributed by atoms with Crippen LogP contribution in [0.5, 0.6) is 0 Å². The molecule has 0 spiro atoms. The first-order chi connectivity index (χ1) is 5.89. The van der Waals surface area contributed by atoms with E-state index >= 15 is 0 Å². The number of nitrogens with two attached hydrogens (primary N) is 1. The lowest BCUT2D eigenvalue weighted by Gasteiger charge is -2.10. The molecule has 0 unspecified atom stereocenters. The quantitative estimate of drug-likeness (QED) is 0.785. The lowest BCUT2D eigenvalue weighted by Crippen LogP contribution is -2.32. The van der Waals surface area contributed by atoms with Gasteiger partial charge in [0, 0.05) is 18.1 Å². The Balaban J connectivity index is 2.71. The Morgan fingerprint density at radius 3 is 2.69 bits per heavy atom. The molecule has 0 saturated carbocycles. The molecule has 0 radical (unpaired) electrons. The SMILES string of the molecule is Cc1csc(CN(C)S(N)(=O)=O)n1. The number of hydrogen-bond acceptors (Lipinski definition) is 4. The van der Waals surface area contributed by atoms with Crippen LogP contribution in [0.1, 0.15) is 10.7 Å². The van der Waals surface area contributed by atoms with Crippen LogP contribution in [0, 0.1) is 6.92 Å². The van der Waals surface area contributed by atoms with E-state index in [-0.39, 0.29) is 6.54 Å². The fourth-order valence-corrected chi connectivity index (χ4v) is 1.96. The highest BCUT2D eigenvalue weighted by molar-refractivity contribution is 7.86. The van der Waals surface area contributed by atoms with E-state index in [0.717, 1.165) is 15.0 Å². The van der Waals surface area contributed by atoms with Gasteiger partial charge in [0.05, 0.1) is 6.54 Å². The molecule has 0 aliphatic heterocycles. The number of thiazole rings is 1. The molecule has 13 heavy (non-hydrogen) atoms. The van der Waals surface area contributed by atoms with Crippen molar-refractivity contribution >= 4 is 21.5 Å². The summed E-state index contributed by atoms with van der Waals surface area (Å²) in [7, 11) is -2.17. The maximum absolute atomic E-state index is 10.8. The van der Waals surface area contributed by atoms with Crippen molar-refractivity contribution in [2.45, 2.75) is 13.5 Å². The van der Waals surface area contributed by atoms with Crippen molar-refractivity contribution < 1.29 is 8.42 Å². The van der Waals surface area contributed by atoms with E-state index in [9.17, 15) is 8.42 Å². The van der Waals surface area contributed by atoms with Gasteiger partial charge in [0.25, 0.3) is 10.2 Å². The molecule has 1 rings (SSSR count). The molecule has 0 amide bonds. The zero-order valence-electron chi connectivity index (χ0n) is 7.39. The molecule has 0 aliphatic carbocycles. The van der Waals surface area contributed by atoms with E-state index in [1.165, 1.54) is 18.4 Å². The van der Waals surface area contributed by atoms with Gasteiger partial charge in [0.15, 0.2) is 0 Å². The van der Waals surface area contributed by atoms with Crippen LogP contribution in [-0.2, 0) is 16.8 Å². The molecule has 0 atom stereocenters. The minimum Gasteiger partial charge on any atom is -0.245 e. The first kappa shape index (κ1) is 10.6. The highest BCUT2D eigenvalue weighted by Gasteiger charge is 2.13. The van der Waals surface area contributed by atoms with Crippen LogP contribution in [-0.4, -0.2) is 24.8 Å². The maximum Gasteiger partial charge on any atom is 0.277 e. The van der Waals surface area contributed by atoms with E-state index in [1.807, 2.05) is 12.3 Å². The Kier molecular flexibility index (Phi) is 3.01. The third kappa shape index (κ3) is 3.03. The summed E-state index contributed by atoms with van der Waals surface area (Å²) in [5, 5.41) is 7.52. The molecule has 0 aliphatic rings. The summed E-state index contributed by atoms with van der Waals surface area (Å²) >= 11 is 1.42. The van der Waals surface area contributed by atoms with Crippen molar-refractivity contribution in [1.29, 1.82) is 0 Å². The Bertz CT molecular complexity index is 384. The third-order valence-corrected chi connectivity index (χ3v) is 3.41. The van der Waals surface area contributed by atoms with Crippen LogP contribution < -0.4 is 5.14 Å². The van der Waals surface area contributed by atoms with Crippen molar-refractivity contribution in [3.05, 3.63) is 16.1 Å². The van der Waals surface area contributed by atoms with Gasteiger partial charge in [0.2, 0.25) is 0 Å². The van der Waals surface area contributed by atoms with Crippen molar-refractivity contribution in [1.82, 2.24) is 9.29 Å². The highest BCUT2D eigenvalue weighted by atomic mass is 32.2. The van der Waals surface area contributed by atoms with Crippen LogP contribution in [0.2, 0.25) is 0 Å². The molecule has 74 valence electrons. The van der Waals surface area contributed by atoms with E-state index in [0.29, 0.717) is 0 Å². The maximum atomic E-state index is 10.8. The lowest BCUT2D eigenvalue weighted by molar-refractivity contribution is 0.467. The molecular weight excluding hydrogens is 210 g/mol. The zero-order chi connectivity index (χ0) is 10.1. The second kappa shape index (κ2) is 3.70. The fraction of sp³-hybridized carbons (Fsp3) is 0.500. The predicted octanol–water partition coefficient (Wildman–Crippen LogP) is 0.0868. The number of aromatic nitrogens is 1. The van der Waals surface area contributed by atoms with Gasteiger partial charge in [-0.3, -0.25) is 0 Å². The molecule has 5 nitrogen and oxygen atoms in total. The summed E-state index contributed by atoms with van der Waals surface area (Å²) in [6.45, 7) is 2.09. The van der Waals surface area contributed by atoms with E-state index in [1.54, 1.807) is 0 Å². The first-order valence-electron chi connectivity index (χ1n) is 3.54. The van der Waals surface area contributed by atoms with Gasteiger partial charge in [-0.2, -0.15) is 12.7 Å². The Hall–Kier alpha value is -0.500. The summed E-state index contributed by atoms with van der Waals surface area (Å²) < 4.78 is 22.7. The van der Waals surface area contributed by atoms with Crippen molar-refractivity contribution in [3.8, 4) is 0 Å². The van der Waals surface area contributed by atoms with Crippen molar-refractivity contribution in [3.63, 3.8) is 0 Å². The number of aryl methyl sites for hydroxylation is 1. The molecule has 1 aromatic heterocycles. The number of nitrogens with zero attached hydrogens (tertiary/aromatic N) is 2.